The Balaban J connectivity index is 0.000000181. The molecule has 0 aliphatic rings. The van der Waals surface area contributed by atoms with Gasteiger partial charge in [-0.2, -0.15) is 35.0 Å². The molecule has 0 N–H and O–H groups in total. The van der Waals surface area contributed by atoms with Gasteiger partial charge in [-0.3, -0.25) is 6.58 Å². The van der Waals surface area contributed by atoms with Crippen LogP contribution in [0.5, 0.6) is 0 Å². The van der Waals surface area contributed by atoms with Gasteiger partial charge in [0.25, 0.3) is 0 Å². The van der Waals surface area contributed by atoms with Crippen LogP contribution in [0, 0.1) is 6.58 Å². The van der Waals surface area contributed by atoms with E-state index in [1.165, 1.54) is 21.5 Å². The summed E-state index contributed by atoms with van der Waals surface area (Å²) in [5.74, 6) is 0. The van der Waals surface area contributed by atoms with E-state index in [-0.39, 0.29) is 25.8 Å². The van der Waals surface area contributed by atoms with Crippen LogP contribution in [0.2, 0.25) is 0 Å². The Bertz CT molecular complexity index is 635. The second-order valence-electron chi connectivity index (χ2n) is 4.31. The minimum absolute atomic E-state index is 0. The summed E-state index contributed by atoms with van der Waals surface area (Å²) in [7, 11) is 0. The molecule has 0 spiro atoms. The first-order valence-electron chi connectivity index (χ1n) is 6.55. The van der Waals surface area contributed by atoms with Crippen LogP contribution in [0.25, 0.3) is 21.5 Å². The van der Waals surface area contributed by atoms with E-state index in [1.54, 1.807) is 0 Å². The van der Waals surface area contributed by atoms with Crippen molar-refractivity contribution in [3.05, 3.63) is 98.1 Å². The van der Waals surface area contributed by atoms with Crippen LogP contribution in [0.1, 0.15) is 0 Å². The molecule has 1 heteroatoms. The fourth-order valence-corrected chi connectivity index (χ4v) is 2.14. The molecule has 0 unspecified atom stereocenters. The fraction of sp³-hybridized carbons (Fsp3) is 0. The van der Waals surface area contributed by atoms with Gasteiger partial charge in [0.1, 0.15) is 0 Å². The average molecular weight is 436 g/mol. The first-order valence-corrected chi connectivity index (χ1v) is 6.55. The van der Waals surface area contributed by atoms with E-state index >= 15 is 0 Å². The Morgan fingerprint density at radius 3 is 1.38 bits per heavy atom. The van der Waals surface area contributed by atoms with Crippen molar-refractivity contribution in [1.82, 2.24) is 0 Å². The van der Waals surface area contributed by atoms with Crippen molar-refractivity contribution in [2.24, 2.45) is 0 Å². The van der Waals surface area contributed by atoms with Gasteiger partial charge < -0.3 is 6.58 Å². The molecular formula is C20H17Hf-3. The molecule has 4 aromatic rings. The molecule has 0 radical (unpaired) electrons. The molecular weight excluding hydrogens is 419 g/mol. The summed E-state index contributed by atoms with van der Waals surface area (Å²) in [6.07, 6.45) is 0. The molecule has 0 saturated carbocycles. The van der Waals surface area contributed by atoms with E-state index in [1.807, 2.05) is 0 Å². The zero-order chi connectivity index (χ0) is 14.2. The van der Waals surface area contributed by atoms with Crippen LogP contribution in [-0.2, 0) is 25.8 Å². The zero-order valence-electron chi connectivity index (χ0n) is 11.9. The summed E-state index contributed by atoms with van der Waals surface area (Å²) in [5, 5.41) is 5.32. The number of hydrogen-bond donors (Lipinski definition) is 0. The maximum absolute atomic E-state index is 4.25. The molecule has 0 aromatic heterocycles. The van der Waals surface area contributed by atoms with Crippen molar-refractivity contribution >= 4 is 21.5 Å². The quantitative estimate of drug-likeness (QED) is 0.245. The van der Waals surface area contributed by atoms with E-state index in [4.69, 9.17) is 0 Å². The Hall–Kier alpha value is -1.73. The standard InChI is InChI=1S/2C9H7.C2H3.Hf/c2*1-2-5-9-7-3-6-8(9)4-1;1-2;/h2*1-7H;1H,2H2;/q3*-1;. The molecule has 104 valence electrons. The van der Waals surface area contributed by atoms with Crippen molar-refractivity contribution in [2.45, 2.75) is 0 Å². The summed E-state index contributed by atoms with van der Waals surface area (Å²) < 4.78 is 0. The summed E-state index contributed by atoms with van der Waals surface area (Å²) in [6, 6.07) is 29.3. The minimum atomic E-state index is 0. The van der Waals surface area contributed by atoms with Crippen LogP contribution >= 0.6 is 0 Å². The number of benzene rings is 2. The molecule has 0 bridgehead atoms. The average Bonchev–Trinajstić information content (AvgIpc) is 3.18. The van der Waals surface area contributed by atoms with Gasteiger partial charge in [-0.1, -0.05) is 12.1 Å². The second kappa shape index (κ2) is 9.25. The van der Waals surface area contributed by atoms with Gasteiger partial charge >= 0.3 is 0 Å². The van der Waals surface area contributed by atoms with Crippen molar-refractivity contribution < 1.29 is 25.8 Å². The van der Waals surface area contributed by atoms with Gasteiger partial charge in [0, 0.05) is 25.8 Å². The first kappa shape index (κ1) is 17.3. The molecule has 0 fully saturated rings. The summed E-state index contributed by atoms with van der Waals surface area (Å²) >= 11 is 0. The maximum atomic E-state index is 4.25. The van der Waals surface area contributed by atoms with Crippen LogP contribution in [0.4, 0.5) is 0 Å². The molecule has 0 nitrogen and oxygen atoms in total. The third kappa shape index (κ3) is 4.64. The van der Waals surface area contributed by atoms with Gasteiger partial charge in [-0.05, 0) is 0 Å². The Morgan fingerprint density at radius 1 is 0.619 bits per heavy atom. The fourth-order valence-electron chi connectivity index (χ4n) is 2.14. The Kier molecular flexibility index (Phi) is 7.63. The Morgan fingerprint density at radius 2 is 1.00 bits per heavy atom. The molecule has 4 rings (SSSR count). The van der Waals surface area contributed by atoms with Gasteiger partial charge in [0.2, 0.25) is 0 Å². The van der Waals surface area contributed by atoms with E-state index in [2.05, 4.69) is 98.1 Å². The maximum Gasteiger partial charge on any atom is 0 e. The largest absolute Gasteiger partial charge is 0.521 e. The Labute approximate surface area is 145 Å². The van der Waals surface area contributed by atoms with Gasteiger partial charge in [0.05, 0.1) is 0 Å². The smallest absolute Gasteiger partial charge is 0 e. The van der Waals surface area contributed by atoms with E-state index in [0.29, 0.717) is 0 Å². The van der Waals surface area contributed by atoms with Crippen LogP contribution < -0.4 is 0 Å². The third-order valence-corrected chi connectivity index (χ3v) is 3.10. The normalized spacial score (nSPS) is 8.95. The van der Waals surface area contributed by atoms with Crippen LogP contribution in [-0.4, -0.2) is 0 Å². The molecule has 0 heterocycles. The second-order valence-corrected chi connectivity index (χ2v) is 4.31. The summed E-state index contributed by atoms with van der Waals surface area (Å²) in [5.41, 5.74) is 0. The monoisotopic (exact) mass is 437 g/mol. The summed E-state index contributed by atoms with van der Waals surface area (Å²) in [6.45, 7) is 7.00. The number of hydrogen-bond acceptors (Lipinski definition) is 0. The van der Waals surface area contributed by atoms with Crippen LogP contribution in [0.3, 0.4) is 0 Å². The van der Waals surface area contributed by atoms with Gasteiger partial charge in [-0.25, -0.2) is 0 Å². The molecule has 0 atom stereocenters. The zero-order valence-corrected chi connectivity index (χ0v) is 15.5. The first-order chi connectivity index (χ1) is 9.93. The van der Waals surface area contributed by atoms with Crippen molar-refractivity contribution in [3.8, 4) is 0 Å². The molecule has 4 aromatic carbocycles. The molecule has 21 heavy (non-hydrogen) atoms. The van der Waals surface area contributed by atoms with E-state index < -0.39 is 0 Å². The molecule has 0 aliphatic heterocycles. The predicted molar refractivity (Wildman–Crippen MR) is 89.0 cm³/mol. The minimum Gasteiger partial charge on any atom is -0.521 e. The van der Waals surface area contributed by atoms with Crippen LogP contribution in [0.15, 0.2) is 91.5 Å². The van der Waals surface area contributed by atoms with Gasteiger partial charge in [0.15, 0.2) is 0 Å². The topological polar surface area (TPSA) is 0 Å². The number of fused-ring (bicyclic) bond motifs is 2. The van der Waals surface area contributed by atoms with Gasteiger partial charge in [-0.15, -0.1) is 59.3 Å². The van der Waals surface area contributed by atoms with E-state index in [0.717, 1.165) is 0 Å². The predicted octanol–water partition coefficient (Wildman–Crippen LogP) is 5.72. The molecule has 0 saturated heterocycles. The molecule has 0 amide bonds. The third-order valence-electron chi connectivity index (χ3n) is 3.10. The van der Waals surface area contributed by atoms with E-state index in [9.17, 15) is 0 Å². The van der Waals surface area contributed by atoms with Crippen molar-refractivity contribution in [2.75, 3.05) is 0 Å². The summed E-state index contributed by atoms with van der Waals surface area (Å²) in [4.78, 5) is 0. The number of rotatable bonds is 0. The SMILES string of the molecule is [CH-]=C.[Hf].c1ccc2[cH-]ccc2c1.c1ccc2[cH-]ccc2c1. The van der Waals surface area contributed by atoms with Crippen molar-refractivity contribution in [1.29, 1.82) is 0 Å². The van der Waals surface area contributed by atoms with Crippen molar-refractivity contribution in [3.63, 3.8) is 0 Å². The molecule has 0 aliphatic carbocycles.